The van der Waals surface area contributed by atoms with E-state index in [1.165, 1.54) is 12.1 Å². The second-order valence-corrected chi connectivity index (χ2v) is 5.79. The van der Waals surface area contributed by atoms with Crippen LogP contribution in [0.15, 0.2) is 42.5 Å². The Labute approximate surface area is 141 Å². The summed E-state index contributed by atoms with van der Waals surface area (Å²) in [5, 5.41) is 14.8. The van der Waals surface area contributed by atoms with Gasteiger partial charge in [0, 0.05) is 24.3 Å². The summed E-state index contributed by atoms with van der Waals surface area (Å²) in [5.41, 5.74) is 3.39. The molecule has 0 fully saturated rings. The Bertz CT molecular complexity index is 686. The molecule has 1 atom stereocenters. The second-order valence-electron chi connectivity index (χ2n) is 5.79. The van der Waals surface area contributed by atoms with E-state index in [0.717, 1.165) is 16.8 Å². The van der Waals surface area contributed by atoms with Crippen LogP contribution in [0.5, 0.6) is 0 Å². The maximum atomic E-state index is 13.0. The van der Waals surface area contributed by atoms with Crippen LogP contribution >= 0.6 is 0 Å². The van der Waals surface area contributed by atoms with E-state index >= 15 is 0 Å². The van der Waals surface area contributed by atoms with Gasteiger partial charge in [-0.1, -0.05) is 25.1 Å². The summed E-state index contributed by atoms with van der Waals surface area (Å²) in [6, 6.07) is 12.0. The molecule has 0 bridgehead atoms. The zero-order valence-corrected chi connectivity index (χ0v) is 14.0. The highest BCUT2D eigenvalue weighted by molar-refractivity contribution is 5.97. The Morgan fingerprint density at radius 1 is 1.21 bits per heavy atom. The fourth-order valence-corrected chi connectivity index (χ4v) is 2.51. The lowest BCUT2D eigenvalue weighted by molar-refractivity contribution is 0.0944. The summed E-state index contributed by atoms with van der Waals surface area (Å²) >= 11 is 0. The first-order valence-electron chi connectivity index (χ1n) is 8.01. The van der Waals surface area contributed by atoms with Crippen molar-refractivity contribution in [3.05, 3.63) is 65.0 Å². The molecule has 0 spiro atoms. The van der Waals surface area contributed by atoms with Crippen molar-refractivity contribution in [2.45, 2.75) is 19.8 Å². The number of anilines is 1. The van der Waals surface area contributed by atoms with Gasteiger partial charge in [-0.25, -0.2) is 4.39 Å². The lowest BCUT2D eigenvalue weighted by Crippen LogP contribution is -2.27. The molecule has 0 saturated carbocycles. The number of aliphatic hydroxyl groups is 1. The van der Waals surface area contributed by atoms with E-state index in [1.807, 2.05) is 19.1 Å². The third-order valence-electron chi connectivity index (χ3n) is 4.01. The van der Waals surface area contributed by atoms with Gasteiger partial charge in [0.05, 0.1) is 6.61 Å². The molecule has 1 unspecified atom stereocenters. The van der Waals surface area contributed by atoms with Gasteiger partial charge in [0.25, 0.3) is 5.91 Å². The molecule has 5 heteroatoms. The van der Waals surface area contributed by atoms with Crippen molar-refractivity contribution in [3.8, 4) is 0 Å². The molecule has 0 heterocycles. The number of rotatable bonds is 7. The smallest absolute Gasteiger partial charge is 0.251 e. The molecule has 0 aliphatic heterocycles. The standard InChI is InChI=1S/C19H23FN2O2/c1-13(15-6-8-16(20)9-7-15)12-22-18-5-3-4-17(14(18)2)19(24)21-10-11-23/h3-9,13,22-23H,10-12H2,1-2H3,(H,21,24). The van der Waals surface area contributed by atoms with Gasteiger partial charge in [-0.15, -0.1) is 0 Å². The fourth-order valence-electron chi connectivity index (χ4n) is 2.51. The number of amides is 1. The molecule has 0 aromatic heterocycles. The first kappa shape index (κ1) is 17.9. The van der Waals surface area contributed by atoms with Crippen LogP contribution in [0.4, 0.5) is 10.1 Å². The van der Waals surface area contributed by atoms with Crippen molar-refractivity contribution < 1.29 is 14.3 Å². The molecule has 24 heavy (non-hydrogen) atoms. The first-order chi connectivity index (χ1) is 11.5. The molecule has 2 aromatic carbocycles. The van der Waals surface area contributed by atoms with Crippen LogP contribution in [-0.2, 0) is 0 Å². The number of carbonyl (C=O) groups excluding carboxylic acids is 1. The van der Waals surface area contributed by atoms with E-state index in [9.17, 15) is 9.18 Å². The summed E-state index contributed by atoms with van der Waals surface area (Å²) in [7, 11) is 0. The highest BCUT2D eigenvalue weighted by Crippen LogP contribution is 2.21. The lowest BCUT2D eigenvalue weighted by atomic mass is 10.0. The van der Waals surface area contributed by atoms with E-state index in [4.69, 9.17) is 5.11 Å². The van der Waals surface area contributed by atoms with E-state index in [1.54, 1.807) is 18.2 Å². The number of nitrogens with one attached hydrogen (secondary N) is 2. The van der Waals surface area contributed by atoms with Gasteiger partial charge in [0.1, 0.15) is 5.82 Å². The third-order valence-corrected chi connectivity index (χ3v) is 4.01. The minimum Gasteiger partial charge on any atom is -0.395 e. The average Bonchev–Trinajstić information content (AvgIpc) is 2.59. The Balaban J connectivity index is 2.04. The van der Waals surface area contributed by atoms with E-state index < -0.39 is 0 Å². The molecule has 4 nitrogen and oxygen atoms in total. The fraction of sp³-hybridized carbons (Fsp3) is 0.316. The van der Waals surface area contributed by atoms with Crippen molar-refractivity contribution >= 4 is 11.6 Å². The number of halogens is 1. The number of hydrogen-bond donors (Lipinski definition) is 3. The van der Waals surface area contributed by atoms with Gasteiger partial charge < -0.3 is 15.7 Å². The Morgan fingerprint density at radius 3 is 2.58 bits per heavy atom. The predicted octanol–water partition coefficient (Wildman–Crippen LogP) is 3.07. The molecule has 2 rings (SSSR count). The molecule has 3 N–H and O–H groups in total. The highest BCUT2D eigenvalue weighted by atomic mass is 19.1. The van der Waals surface area contributed by atoms with Crippen LogP contribution < -0.4 is 10.6 Å². The van der Waals surface area contributed by atoms with E-state index in [0.29, 0.717) is 12.1 Å². The van der Waals surface area contributed by atoms with Gasteiger partial charge in [-0.2, -0.15) is 0 Å². The lowest BCUT2D eigenvalue weighted by Gasteiger charge is -2.17. The maximum Gasteiger partial charge on any atom is 0.251 e. The Morgan fingerprint density at radius 2 is 1.92 bits per heavy atom. The monoisotopic (exact) mass is 330 g/mol. The summed E-state index contributed by atoms with van der Waals surface area (Å²) in [4.78, 5) is 12.1. The Kier molecular flexibility index (Phi) is 6.32. The van der Waals surface area contributed by atoms with Crippen LogP contribution in [0, 0.1) is 12.7 Å². The highest BCUT2D eigenvalue weighted by Gasteiger charge is 2.12. The van der Waals surface area contributed by atoms with E-state index in [2.05, 4.69) is 17.6 Å². The average molecular weight is 330 g/mol. The van der Waals surface area contributed by atoms with Crippen molar-refractivity contribution in [3.63, 3.8) is 0 Å². The number of benzene rings is 2. The van der Waals surface area contributed by atoms with Gasteiger partial charge in [0.15, 0.2) is 0 Å². The largest absolute Gasteiger partial charge is 0.395 e. The predicted molar refractivity (Wildman–Crippen MR) is 93.9 cm³/mol. The van der Waals surface area contributed by atoms with Crippen LogP contribution in [0.1, 0.15) is 34.3 Å². The topological polar surface area (TPSA) is 61.4 Å². The zero-order valence-electron chi connectivity index (χ0n) is 14.0. The minimum absolute atomic E-state index is 0.0854. The molecular weight excluding hydrogens is 307 g/mol. The molecule has 0 saturated heterocycles. The molecule has 128 valence electrons. The van der Waals surface area contributed by atoms with Crippen molar-refractivity contribution in [1.82, 2.24) is 5.32 Å². The van der Waals surface area contributed by atoms with Gasteiger partial charge in [0.2, 0.25) is 0 Å². The number of aliphatic hydroxyl groups excluding tert-OH is 1. The van der Waals surface area contributed by atoms with Crippen LogP contribution in [-0.4, -0.2) is 30.7 Å². The first-order valence-corrected chi connectivity index (χ1v) is 8.01. The zero-order chi connectivity index (χ0) is 17.5. The number of hydrogen-bond acceptors (Lipinski definition) is 3. The van der Waals surface area contributed by atoms with Crippen molar-refractivity contribution in [2.24, 2.45) is 0 Å². The van der Waals surface area contributed by atoms with Crippen LogP contribution in [0.2, 0.25) is 0 Å². The van der Waals surface area contributed by atoms with Crippen LogP contribution in [0.3, 0.4) is 0 Å². The molecule has 0 aliphatic carbocycles. The normalized spacial score (nSPS) is 11.8. The Hall–Kier alpha value is -2.40. The second kappa shape index (κ2) is 8.45. The summed E-state index contributed by atoms with van der Waals surface area (Å²) in [6.07, 6.45) is 0. The molecule has 1 amide bonds. The quantitative estimate of drug-likeness (QED) is 0.731. The third kappa shape index (κ3) is 4.55. The minimum atomic E-state index is -0.239. The SMILES string of the molecule is Cc1c(NCC(C)c2ccc(F)cc2)cccc1C(=O)NCCO. The van der Waals surface area contributed by atoms with Gasteiger partial charge >= 0.3 is 0 Å². The number of carbonyl (C=O) groups is 1. The van der Waals surface area contributed by atoms with Crippen molar-refractivity contribution in [1.29, 1.82) is 0 Å². The molecule has 0 aliphatic rings. The molecule has 2 aromatic rings. The summed E-state index contributed by atoms with van der Waals surface area (Å²) < 4.78 is 13.0. The van der Waals surface area contributed by atoms with Gasteiger partial charge in [-0.05, 0) is 48.2 Å². The summed E-state index contributed by atoms with van der Waals surface area (Å²) in [5.74, 6) is -0.231. The molecular formula is C19H23FN2O2. The molecule has 0 radical (unpaired) electrons. The van der Waals surface area contributed by atoms with E-state index in [-0.39, 0.29) is 30.8 Å². The summed E-state index contributed by atoms with van der Waals surface area (Å²) in [6.45, 7) is 4.77. The maximum absolute atomic E-state index is 13.0. The van der Waals surface area contributed by atoms with Crippen LogP contribution in [0.25, 0.3) is 0 Å². The van der Waals surface area contributed by atoms with Gasteiger partial charge in [-0.3, -0.25) is 4.79 Å². The van der Waals surface area contributed by atoms with Crippen molar-refractivity contribution in [2.75, 3.05) is 25.0 Å².